The molecule has 1 nitrogen and oxygen atoms in total. The zero-order valence-electron chi connectivity index (χ0n) is 6.57. The van der Waals surface area contributed by atoms with Gasteiger partial charge in [-0.2, -0.15) is 0 Å². The van der Waals surface area contributed by atoms with E-state index >= 15 is 0 Å². The lowest BCUT2D eigenvalue weighted by Crippen LogP contribution is -1.71. The van der Waals surface area contributed by atoms with Gasteiger partial charge in [-0.25, -0.2) is 4.98 Å². The van der Waals surface area contributed by atoms with Crippen LogP contribution >= 0.6 is 50.4 Å². The van der Waals surface area contributed by atoms with Crippen molar-refractivity contribution in [1.82, 2.24) is 4.98 Å². The molecule has 0 bridgehead atoms. The van der Waals surface area contributed by atoms with Crippen molar-refractivity contribution in [3.05, 3.63) is 32.4 Å². The van der Waals surface area contributed by atoms with Crippen LogP contribution < -0.4 is 0 Å². The van der Waals surface area contributed by atoms with Crippen LogP contribution in [0.2, 0.25) is 0 Å². The Hall–Kier alpha value is 0.160. The molecule has 0 unspecified atom stereocenters. The highest BCUT2D eigenvalue weighted by Gasteiger charge is 2.00. The molecule has 13 heavy (non-hydrogen) atoms. The summed E-state index contributed by atoms with van der Waals surface area (Å²) in [6.45, 7) is 0. The Morgan fingerprint density at radius 2 is 2.38 bits per heavy atom. The summed E-state index contributed by atoms with van der Waals surface area (Å²) in [5.41, 5.74) is 0. The maximum Gasteiger partial charge on any atom is 0.150 e. The monoisotopic (exact) mass is 291 g/mol. The first-order chi connectivity index (χ1) is 6.34. The van der Waals surface area contributed by atoms with E-state index in [0.717, 1.165) is 10.1 Å². The number of thiazole rings is 1. The van der Waals surface area contributed by atoms with Crippen molar-refractivity contribution in [3.8, 4) is 0 Å². The van der Waals surface area contributed by atoms with Gasteiger partial charge in [-0.3, -0.25) is 0 Å². The number of hydrogen-bond acceptors (Lipinski definition) is 4. The third-order valence-electron chi connectivity index (χ3n) is 1.38. The summed E-state index contributed by atoms with van der Waals surface area (Å²) in [5.74, 6) is 1.02. The van der Waals surface area contributed by atoms with E-state index in [1.165, 1.54) is 8.66 Å². The van der Waals surface area contributed by atoms with E-state index in [0.29, 0.717) is 0 Å². The molecule has 2 aromatic rings. The fourth-order valence-corrected chi connectivity index (χ4v) is 4.01. The Morgan fingerprint density at radius 3 is 3.00 bits per heavy atom. The lowest BCUT2D eigenvalue weighted by Gasteiger charge is -1.92. The molecular weight excluding hydrogens is 286 g/mol. The molecule has 0 saturated carbocycles. The van der Waals surface area contributed by atoms with Gasteiger partial charge >= 0.3 is 0 Å². The van der Waals surface area contributed by atoms with Crippen LogP contribution in [-0.4, -0.2) is 4.98 Å². The molecule has 2 aromatic heterocycles. The quantitative estimate of drug-likeness (QED) is 0.784. The van der Waals surface area contributed by atoms with Crippen LogP contribution in [0.15, 0.2) is 31.8 Å². The van der Waals surface area contributed by atoms with Gasteiger partial charge in [-0.1, -0.05) is 11.8 Å². The third kappa shape index (κ3) is 2.80. The summed E-state index contributed by atoms with van der Waals surface area (Å²) in [4.78, 5) is 5.59. The Balaban J connectivity index is 1.93. The second kappa shape index (κ2) is 4.59. The first-order valence-corrected chi connectivity index (χ1v) is 7.08. The fourth-order valence-electron chi connectivity index (χ4n) is 0.844. The summed E-state index contributed by atoms with van der Waals surface area (Å²) in [6, 6.07) is 4.23. The van der Waals surface area contributed by atoms with Gasteiger partial charge in [0.05, 0.1) is 3.79 Å². The minimum Gasteiger partial charge on any atom is -0.238 e. The van der Waals surface area contributed by atoms with Crippen molar-refractivity contribution in [2.75, 3.05) is 0 Å². The first kappa shape index (κ1) is 9.71. The number of hydrogen-bond donors (Lipinski definition) is 0. The Kier molecular flexibility index (Phi) is 3.43. The average molecular weight is 292 g/mol. The van der Waals surface area contributed by atoms with E-state index in [1.807, 2.05) is 11.6 Å². The van der Waals surface area contributed by atoms with Crippen molar-refractivity contribution in [3.63, 3.8) is 0 Å². The summed E-state index contributed by atoms with van der Waals surface area (Å²) >= 11 is 8.71. The van der Waals surface area contributed by atoms with Crippen LogP contribution in [0.5, 0.6) is 0 Å². The van der Waals surface area contributed by atoms with E-state index in [-0.39, 0.29) is 0 Å². The minimum atomic E-state index is 1.02. The highest BCUT2D eigenvalue weighted by atomic mass is 79.9. The molecule has 0 aliphatic heterocycles. The average Bonchev–Trinajstić information content (AvgIpc) is 2.71. The Bertz CT molecular complexity index is 368. The van der Waals surface area contributed by atoms with Crippen LogP contribution in [0, 0.1) is 0 Å². The van der Waals surface area contributed by atoms with Gasteiger partial charge in [0.2, 0.25) is 0 Å². The number of thioether (sulfide) groups is 1. The van der Waals surface area contributed by atoms with E-state index in [2.05, 4.69) is 33.0 Å². The van der Waals surface area contributed by atoms with Crippen molar-refractivity contribution >= 4 is 50.4 Å². The highest BCUT2D eigenvalue weighted by Crippen LogP contribution is 2.29. The van der Waals surface area contributed by atoms with Crippen LogP contribution in [-0.2, 0) is 5.75 Å². The van der Waals surface area contributed by atoms with Gasteiger partial charge < -0.3 is 0 Å². The summed E-state index contributed by atoms with van der Waals surface area (Å²) in [6.07, 6.45) is 1.84. The van der Waals surface area contributed by atoms with Crippen LogP contribution in [0.4, 0.5) is 0 Å². The molecule has 68 valence electrons. The molecule has 2 heterocycles. The third-order valence-corrected chi connectivity index (χ3v) is 5.20. The normalized spacial score (nSPS) is 10.5. The number of rotatable bonds is 3. The molecule has 0 aliphatic carbocycles. The number of halogens is 1. The molecule has 2 rings (SSSR count). The molecule has 0 N–H and O–H groups in total. The molecule has 0 fully saturated rings. The largest absolute Gasteiger partial charge is 0.238 e. The molecule has 0 atom stereocenters. The SMILES string of the molecule is Brc1ccc(CSc2nccs2)s1. The molecule has 0 aliphatic rings. The van der Waals surface area contributed by atoms with E-state index in [4.69, 9.17) is 0 Å². The van der Waals surface area contributed by atoms with Crippen molar-refractivity contribution in [1.29, 1.82) is 0 Å². The van der Waals surface area contributed by atoms with Gasteiger partial charge in [0.15, 0.2) is 0 Å². The lowest BCUT2D eigenvalue weighted by atomic mass is 10.5. The fraction of sp³-hybridized carbons (Fsp3) is 0.125. The molecule has 5 heteroatoms. The maximum atomic E-state index is 4.21. The predicted molar refractivity (Wildman–Crippen MR) is 63.7 cm³/mol. The van der Waals surface area contributed by atoms with Crippen molar-refractivity contribution < 1.29 is 0 Å². The van der Waals surface area contributed by atoms with Crippen molar-refractivity contribution in [2.24, 2.45) is 0 Å². The predicted octanol–water partition coefficient (Wildman–Crippen LogP) is 4.26. The van der Waals surface area contributed by atoms with Crippen LogP contribution in [0.25, 0.3) is 0 Å². The molecular formula is C8H6BrNS3. The maximum absolute atomic E-state index is 4.21. The number of aromatic nitrogens is 1. The van der Waals surface area contributed by atoms with Gasteiger partial charge in [0.1, 0.15) is 4.34 Å². The zero-order valence-corrected chi connectivity index (χ0v) is 10.6. The van der Waals surface area contributed by atoms with Crippen LogP contribution in [0.3, 0.4) is 0 Å². The summed E-state index contributed by atoms with van der Waals surface area (Å²) in [5, 5.41) is 2.01. The van der Waals surface area contributed by atoms with E-state index < -0.39 is 0 Å². The molecule has 0 spiro atoms. The second-order valence-electron chi connectivity index (χ2n) is 2.29. The smallest absolute Gasteiger partial charge is 0.150 e. The molecule has 0 radical (unpaired) electrons. The standard InChI is InChI=1S/C8H6BrNS3/c9-7-2-1-6(13-7)5-12-8-10-3-4-11-8/h1-4H,5H2. The second-order valence-corrected chi connectivity index (χ2v) is 6.96. The zero-order chi connectivity index (χ0) is 9.10. The van der Waals surface area contributed by atoms with Gasteiger partial charge in [-0.05, 0) is 28.1 Å². The van der Waals surface area contributed by atoms with Crippen molar-refractivity contribution in [2.45, 2.75) is 10.1 Å². The highest BCUT2D eigenvalue weighted by molar-refractivity contribution is 9.11. The van der Waals surface area contributed by atoms with Crippen LogP contribution in [0.1, 0.15) is 4.88 Å². The molecule has 0 saturated heterocycles. The van der Waals surface area contributed by atoms with Gasteiger partial charge in [-0.15, -0.1) is 22.7 Å². The lowest BCUT2D eigenvalue weighted by molar-refractivity contribution is 1.25. The topological polar surface area (TPSA) is 12.9 Å². The molecule has 0 amide bonds. The first-order valence-electron chi connectivity index (χ1n) is 3.61. The van der Waals surface area contributed by atoms with Gasteiger partial charge in [0, 0.05) is 22.2 Å². The van der Waals surface area contributed by atoms with E-state index in [1.54, 1.807) is 34.4 Å². The number of nitrogens with zero attached hydrogens (tertiary/aromatic N) is 1. The summed E-state index contributed by atoms with van der Waals surface area (Å²) < 4.78 is 2.34. The minimum absolute atomic E-state index is 1.02. The van der Waals surface area contributed by atoms with Gasteiger partial charge in [0.25, 0.3) is 0 Å². The number of thiophene rings is 1. The molecule has 0 aromatic carbocycles. The van der Waals surface area contributed by atoms with E-state index in [9.17, 15) is 0 Å². The summed E-state index contributed by atoms with van der Waals surface area (Å²) in [7, 11) is 0. The Labute approximate surface area is 97.3 Å². The Morgan fingerprint density at radius 1 is 1.46 bits per heavy atom.